The van der Waals surface area contributed by atoms with Crippen LogP contribution < -0.4 is 5.32 Å². The first kappa shape index (κ1) is 12.3. The molecule has 3 rings (SSSR count). The lowest BCUT2D eigenvalue weighted by molar-refractivity contribution is 0.226. The number of aryl methyl sites for hydroxylation is 1. The van der Waals surface area contributed by atoms with Gasteiger partial charge >= 0.3 is 0 Å². The van der Waals surface area contributed by atoms with Crippen molar-refractivity contribution in [2.45, 2.75) is 13.5 Å². The van der Waals surface area contributed by atoms with Crippen LogP contribution in [-0.2, 0) is 6.54 Å². The SMILES string of the molecule is Cc1nc(CN2CCNCC2)n(-c2ccccc2)n1. The molecule has 0 spiro atoms. The van der Waals surface area contributed by atoms with Gasteiger partial charge in [0, 0.05) is 26.2 Å². The minimum atomic E-state index is 0.828. The molecule has 2 aromatic rings. The molecule has 1 N–H and O–H groups in total. The van der Waals surface area contributed by atoms with E-state index in [0.717, 1.165) is 50.1 Å². The summed E-state index contributed by atoms with van der Waals surface area (Å²) in [5, 5.41) is 7.88. The number of para-hydroxylation sites is 1. The van der Waals surface area contributed by atoms with Crippen LogP contribution in [-0.4, -0.2) is 45.8 Å². The second kappa shape index (κ2) is 5.50. The number of hydrogen-bond acceptors (Lipinski definition) is 4. The summed E-state index contributed by atoms with van der Waals surface area (Å²) >= 11 is 0. The first-order valence-corrected chi connectivity index (χ1v) is 6.74. The summed E-state index contributed by atoms with van der Waals surface area (Å²) in [6.07, 6.45) is 0. The summed E-state index contributed by atoms with van der Waals surface area (Å²) in [6.45, 7) is 7.05. The summed E-state index contributed by atoms with van der Waals surface area (Å²) in [6, 6.07) is 10.2. The molecule has 1 aromatic carbocycles. The van der Waals surface area contributed by atoms with Crippen LogP contribution in [0.15, 0.2) is 30.3 Å². The molecule has 1 aromatic heterocycles. The van der Waals surface area contributed by atoms with Crippen LogP contribution in [0.1, 0.15) is 11.6 Å². The van der Waals surface area contributed by atoms with E-state index in [9.17, 15) is 0 Å². The van der Waals surface area contributed by atoms with E-state index in [-0.39, 0.29) is 0 Å². The van der Waals surface area contributed by atoms with E-state index in [2.05, 4.69) is 32.4 Å². The average molecular weight is 257 g/mol. The summed E-state index contributed by atoms with van der Waals surface area (Å²) in [5.41, 5.74) is 1.08. The van der Waals surface area contributed by atoms with Crippen molar-refractivity contribution >= 4 is 0 Å². The molecule has 0 unspecified atom stereocenters. The van der Waals surface area contributed by atoms with Crippen molar-refractivity contribution in [2.75, 3.05) is 26.2 Å². The third-order valence-electron chi connectivity index (χ3n) is 3.36. The highest BCUT2D eigenvalue weighted by Crippen LogP contribution is 2.11. The molecule has 1 fully saturated rings. The normalized spacial score (nSPS) is 16.7. The van der Waals surface area contributed by atoms with Gasteiger partial charge in [-0.25, -0.2) is 9.67 Å². The van der Waals surface area contributed by atoms with Gasteiger partial charge in [-0.05, 0) is 19.1 Å². The Balaban J connectivity index is 1.85. The first-order chi connectivity index (χ1) is 9.33. The topological polar surface area (TPSA) is 46.0 Å². The van der Waals surface area contributed by atoms with Gasteiger partial charge in [0.25, 0.3) is 0 Å². The van der Waals surface area contributed by atoms with Crippen molar-refractivity contribution < 1.29 is 0 Å². The highest BCUT2D eigenvalue weighted by Gasteiger charge is 2.15. The van der Waals surface area contributed by atoms with Crippen LogP contribution in [0.3, 0.4) is 0 Å². The van der Waals surface area contributed by atoms with Gasteiger partial charge in [0.2, 0.25) is 0 Å². The summed E-state index contributed by atoms with van der Waals surface area (Å²) in [4.78, 5) is 6.99. The van der Waals surface area contributed by atoms with Crippen LogP contribution in [0.25, 0.3) is 5.69 Å². The Morgan fingerprint density at radius 3 is 2.63 bits per heavy atom. The molecule has 1 aliphatic heterocycles. The van der Waals surface area contributed by atoms with E-state index in [1.54, 1.807) is 0 Å². The van der Waals surface area contributed by atoms with E-state index in [0.29, 0.717) is 0 Å². The molecule has 0 atom stereocenters. The van der Waals surface area contributed by atoms with E-state index in [1.165, 1.54) is 0 Å². The number of aromatic nitrogens is 3. The molecule has 0 bridgehead atoms. The molecule has 1 aliphatic rings. The van der Waals surface area contributed by atoms with Crippen molar-refractivity contribution in [1.82, 2.24) is 25.0 Å². The lowest BCUT2D eigenvalue weighted by Gasteiger charge is -2.26. The quantitative estimate of drug-likeness (QED) is 0.890. The number of nitrogens with zero attached hydrogens (tertiary/aromatic N) is 4. The fourth-order valence-corrected chi connectivity index (χ4v) is 2.41. The highest BCUT2D eigenvalue weighted by molar-refractivity contribution is 5.31. The maximum Gasteiger partial charge on any atom is 0.148 e. The molecule has 0 radical (unpaired) electrons. The average Bonchev–Trinajstić information content (AvgIpc) is 2.82. The standard InChI is InChI=1S/C14H19N5/c1-12-16-14(11-18-9-7-15-8-10-18)19(17-12)13-5-3-2-4-6-13/h2-6,15H,7-11H2,1H3. The van der Waals surface area contributed by atoms with Crippen molar-refractivity contribution in [3.63, 3.8) is 0 Å². The molecule has 5 heteroatoms. The zero-order chi connectivity index (χ0) is 13.1. The Morgan fingerprint density at radius 2 is 1.89 bits per heavy atom. The Bertz CT molecular complexity index is 528. The van der Waals surface area contributed by atoms with Crippen molar-refractivity contribution in [3.8, 4) is 5.69 Å². The second-order valence-electron chi connectivity index (χ2n) is 4.85. The van der Waals surface area contributed by atoms with Gasteiger partial charge in [-0.15, -0.1) is 0 Å². The zero-order valence-electron chi connectivity index (χ0n) is 11.2. The van der Waals surface area contributed by atoms with Crippen LogP contribution in [0.4, 0.5) is 0 Å². The molecule has 0 aliphatic carbocycles. The van der Waals surface area contributed by atoms with Gasteiger partial charge in [0.1, 0.15) is 11.6 Å². The summed E-state index contributed by atoms with van der Waals surface area (Å²) < 4.78 is 1.96. The number of nitrogens with one attached hydrogen (secondary N) is 1. The minimum absolute atomic E-state index is 0.828. The fourth-order valence-electron chi connectivity index (χ4n) is 2.41. The highest BCUT2D eigenvalue weighted by atomic mass is 15.4. The second-order valence-corrected chi connectivity index (χ2v) is 4.85. The predicted molar refractivity (Wildman–Crippen MR) is 74.2 cm³/mol. The van der Waals surface area contributed by atoms with Crippen molar-refractivity contribution in [3.05, 3.63) is 42.0 Å². The molecule has 1 saturated heterocycles. The van der Waals surface area contributed by atoms with Crippen molar-refractivity contribution in [1.29, 1.82) is 0 Å². The molecule has 2 heterocycles. The minimum Gasteiger partial charge on any atom is -0.314 e. The summed E-state index contributed by atoms with van der Waals surface area (Å²) in [5.74, 6) is 1.85. The Kier molecular flexibility index (Phi) is 3.57. The Labute approximate surface area is 113 Å². The molecule has 5 nitrogen and oxygen atoms in total. The smallest absolute Gasteiger partial charge is 0.148 e. The van der Waals surface area contributed by atoms with E-state index < -0.39 is 0 Å². The maximum atomic E-state index is 4.57. The molecule has 19 heavy (non-hydrogen) atoms. The lowest BCUT2D eigenvalue weighted by atomic mass is 10.3. The van der Waals surface area contributed by atoms with E-state index >= 15 is 0 Å². The monoisotopic (exact) mass is 257 g/mol. The third kappa shape index (κ3) is 2.83. The van der Waals surface area contributed by atoms with Crippen LogP contribution >= 0.6 is 0 Å². The predicted octanol–water partition coefficient (Wildman–Crippen LogP) is 0.981. The van der Waals surface area contributed by atoms with Gasteiger partial charge in [0.15, 0.2) is 0 Å². The molecule has 0 saturated carbocycles. The van der Waals surface area contributed by atoms with Gasteiger partial charge in [0.05, 0.1) is 12.2 Å². The summed E-state index contributed by atoms with van der Waals surface area (Å²) in [7, 11) is 0. The van der Waals surface area contributed by atoms with Crippen LogP contribution in [0, 0.1) is 6.92 Å². The Morgan fingerprint density at radius 1 is 1.16 bits per heavy atom. The van der Waals surface area contributed by atoms with Gasteiger partial charge in [-0.2, -0.15) is 5.10 Å². The largest absolute Gasteiger partial charge is 0.314 e. The first-order valence-electron chi connectivity index (χ1n) is 6.74. The van der Waals surface area contributed by atoms with E-state index in [4.69, 9.17) is 0 Å². The molecule has 0 amide bonds. The van der Waals surface area contributed by atoms with Crippen LogP contribution in [0.2, 0.25) is 0 Å². The fraction of sp³-hybridized carbons (Fsp3) is 0.429. The van der Waals surface area contributed by atoms with Gasteiger partial charge in [-0.1, -0.05) is 18.2 Å². The third-order valence-corrected chi connectivity index (χ3v) is 3.36. The number of piperazine rings is 1. The molecule has 100 valence electrons. The van der Waals surface area contributed by atoms with Crippen LogP contribution in [0.5, 0.6) is 0 Å². The number of benzene rings is 1. The molecular formula is C14H19N5. The van der Waals surface area contributed by atoms with Crippen molar-refractivity contribution in [2.24, 2.45) is 0 Å². The lowest BCUT2D eigenvalue weighted by Crippen LogP contribution is -2.43. The Hall–Kier alpha value is -1.72. The number of hydrogen-bond donors (Lipinski definition) is 1. The number of rotatable bonds is 3. The zero-order valence-corrected chi connectivity index (χ0v) is 11.2. The van der Waals surface area contributed by atoms with Gasteiger partial charge < -0.3 is 5.32 Å². The van der Waals surface area contributed by atoms with E-state index in [1.807, 2.05) is 29.8 Å². The van der Waals surface area contributed by atoms with Gasteiger partial charge in [-0.3, -0.25) is 4.90 Å². The maximum absolute atomic E-state index is 4.57. The molecular weight excluding hydrogens is 238 g/mol.